The highest BCUT2D eigenvalue weighted by Crippen LogP contribution is 2.59. The Morgan fingerprint density at radius 3 is 2.40 bits per heavy atom. The molecule has 1 heterocycles. The predicted molar refractivity (Wildman–Crippen MR) is 80.2 cm³/mol. The van der Waals surface area contributed by atoms with Crippen molar-refractivity contribution in [2.24, 2.45) is 35.3 Å². The molecule has 3 heteroatoms. The summed E-state index contributed by atoms with van der Waals surface area (Å²) in [6.07, 6.45) is 12.6. The maximum atomic E-state index is 6.22. The minimum atomic E-state index is 0.488. The van der Waals surface area contributed by atoms with Crippen molar-refractivity contribution in [1.82, 2.24) is 9.55 Å². The lowest BCUT2D eigenvalue weighted by atomic mass is 9.50. The molecule has 4 saturated carbocycles. The van der Waals surface area contributed by atoms with Gasteiger partial charge in [-0.3, -0.25) is 0 Å². The number of imidazole rings is 1. The second-order valence-electron chi connectivity index (χ2n) is 7.42. The Morgan fingerprint density at radius 1 is 1.20 bits per heavy atom. The van der Waals surface area contributed by atoms with Crippen molar-refractivity contribution in [3.05, 3.63) is 18.2 Å². The summed E-state index contributed by atoms with van der Waals surface area (Å²) in [6, 6.07) is 0.488. The van der Waals surface area contributed by atoms with Crippen LogP contribution in [-0.4, -0.2) is 16.1 Å². The van der Waals surface area contributed by atoms with Crippen LogP contribution in [-0.2, 0) is 6.42 Å². The summed E-state index contributed by atoms with van der Waals surface area (Å²) in [5.41, 5.74) is 6.22. The Balaban J connectivity index is 1.65. The van der Waals surface area contributed by atoms with Crippen LogP contribution in [0.25, 0.3) is 0 Å². The summed E-state index contributed by atoms with van der Waals surface area (Å²) in [4.78, 5) is 4.52. The van der Waals surface area contributed by atoms with Gasteiger partial charge in [0.15, 0.2) is 0 Å². The van der Waals surface area contributed by atoms with Crippen LogP contribution in [0.3, 0.4) is 0 Å². The average molecular weight is 273 g/mol. The summed E-state index contributed by atoms with van der Waals surface area (Å²) >= 11 is 0. The Kier molecular flexibility index (Phi) is 3.13. The minimum Gasteiger partial charge on any atom is -0.330 e. The highest BCUT2D eigenvalue weighted by molar-refractivity contribution is 5.04. The van der Waals surface area contributed by atoms with Gasteiger partial charge in [-0.15, -0.1) is 0 Å². The summed E-state index contributed by atoms with van der Waals surface area (Å²) in [7, 11) is 0. The van der Waals surface area contributed by atoms with Crippen LogP contribution in [0.1, 0.15) is 50.9 Å². The van der Waals surface area contributed by atoms with Gasteiger partial charge in [0.05, 0.1) is 6.04 Å². The standard InChI is InChI=1S/C17H27N3/c1-2-16-19-3-4-20(16)15(10-18)17-13-6-11-5-12(8-13)9-14(17)7-11/h3-4,11-15,17H,2,5-10,18H2,1H3. The molecule has 4 fully saturated rings. The number of nitrogens with zero attached hydrogens (tertiary/aromatic N) is 2. The molecular formula is C17H27N3. The molecule has 0 aromatic carbocycles. The van der Waals surface area contributed by atoms with Gasteiger partial charge in [-0.25, -0.2) is 4.98 Å². The Labute approximate surface area is 122 Å². The van der Waals surface area contributed by atoms with E-state index in [1.54, 1.807) is 0 Å². The van der Waals surface area contributed by atoms with E-state index < -0.39 is 0 Å². The molecule has 3 nitrogen and oxygen atoms in total. The molecular weight excluding hydrogens is 246 g/mol. The van der Waals surface area contributed by atoms with Crippen molar-refractivity contribution in [3.8, 4) is 0 Å². The van der Waals surface area contributed by atoms with Crippen LogP contribution >= 0.6 is 0 Å². The lowest BCUT2D eigenvalue weighted by Crippen LogP contribution is -2.49. The van der Waals surface area contributed by atoms with Crippen LogP contribution in [0, 0.1) is 29.6 Å². The molecule has 20 heavy (non-hydrogen) atoms. The monoisotopic (exact) mass is 273 g/mol. The topological polar surface area (TPSA) is 43.8 Å². The second-order valence-corrected chi connectivity index (χ2v) is 7.42. The zero-order valence-corrected chi connectivity index (χ0v) is 12.5. The van der Waals surface area contributed by atoms with Gasteiger partial charge in [0, 0.05) is 25.4 Å². The van der Waals surface area contributed by atoms with Gasteiger partial charge in [-0.05, 0) is 61.7 Å². The van der Waals surface area contributed by atoms with Gasteiger partial charge < -0.3 is 10.3 Å². The molecule has 0 spiro atoms. The van der Waals surface area contributed by atoms with Crippen molar-refractivity contribution in [3.63, 3.8) is 0 Å². The van der Waals surface area contributed by atoms with Crippen molar-refractivity contribution in [2.75, 3.05) is 6.54 Å². The first-order chi connectivity index (χ1) is 9.80. The number of hydrogen-bond acceptors (Lipinski definition) is 2. The molecule has 0 radical (unpaired) electrons. The molecule has 4 aliphatic rings. The van der Waals surface area contributed by atoms with Crippen LogP contribution in [0.4, 0.5) is 0 Å². The van der Waals surface area contributed by atoms with Crippen LogP contribution < -0.4 is 5.73 Å². The largest absolute Gasteiger partial charge is 0.330 e. The second kappa shape index (κ2) is 4.87. The van der Waals surface area contributed by atoms with E-state index in [9.17, 15) is 0 Å². The van der Waals surface area contributed by atoms with Gasteiger partial charge in [-0.2, -0.15) is 0 Å². The number of hydrogen-bond donors (Lipinski definition) is 1. The molecule has 0 amide bonds. The smallest absolute Gasteiger partial charge is 0.108 e. The molecule has 1 aromatic rings. The Bertz CT molecular complexity index is 450. The number of aromatic nitrogens is 2. The van der Waals surface area contributed by atoms with E-state index in [0.29, 0.717) is 6.04 Å². The van der Waals surface area contributed by atoms with Crippen molar-refractivity contribution in [2.45, 2.75) is 51.5 Å². The molecule has 0 saturated heterocycles. The SMILES string of the molecule is CCc1nccn1C(CN)C1C2CC3CC(C2)CC1C3. The van der Waals surface area contributed by atoms with E-state index in [-0.39, 0.29) is 0 Å². The van der Waals surface area contributed by atoms with E-state index in [4.69, 9.17) is 5.73 Å². The van der Waals surface area contributed by atoms with E-state index in [1.807, 2.05) is 6.20 Å². The molecule has 110 valence electrons. The van der Waals surface area contributed by atoms with Crippen molar-refractivity contribution >= 4 is 0 Å². The fraction of sp³-hybridized carbons (Fsp3) is 0.824. The fourth-order valence-electron chi connectivity index (χ4n) is 5.97. The molecule has 1 aromatic heterocycles. The van der Waals surface area contributed by atoms with Crippen LogP contribution in [0.5, 0.6) is 0 Å². The van der Waals surface area contributed by atoms with Crippen LogP contribution in [0.15, 0.2) is 12.4 Å². The summed E-state index contributed by atoms with van der Waals surface area (Å²) in [5.74, 6) is 5.99. The van der Waals surface area contributed by atoms with E-state index in [1.165, 1.54) is 37.9 Å². The van der Waals surface area contributed by atoms with Gasteiger partial charge in [0.2, 0.25) is 0 Å². The number of aryl methyl sites for hydroxylation is 1. The first-order valence-corrected chi connectivity index (χ1v) is 8.51. The zero-order chi connectivity index (χ0) is 13.7. The maximum Gasteiger partial charge on any atom is 0.108 e. The lowest BCUT2D eigenvalue weighted by Gasteiger charge is -2.56. The van der Waals surface area contributed by atoms with Gasteiger partial charge in [-0.1, -0.05) is 6.92 Å². The molecule has 2 N–H and O–H groups in total. The van der Waals surface area contributed by atoms with Gasteiger partial charge in [0.25, 0.3) is 0 Å². The van der Waals surface area contributed by atoms with Gasteiger partial charge >= 0.3 is 0 Å². The summed E-state index contributed by atoms with van der Waals surface area (Å²) in [5, 5.41) is 0. The molecule has 4 aliphatic carbocycles. The molecule has 0 aliphatic heterocycles. The normalized spacial score (nSPS) is 40.2. The molecule has 5 rings (SSSR count). The highest BCUT2D eigenvalue weighted by atomic mass is 15.1. The third-order valence-corrected chi connectivity index (χ3v) is 6.41. The number of rotatable bonds is 4. The Morgan fingerprint density at radius 2 is 1.85 bits per heavy atom. The van der Waals surface area contributed by atoms with E-state index >= 15 is 0 Å². The highest BCUT2D eigenvalue weighted by Gasteiger charge is 2.50. The Hall–Kier alpha value is -0.830. The third kappa shape index (κ3) is 1.86. The minimum absolute atomic E-state index is 0.488. The van der Waals surface area contributed by atoms with Gasteiger partial charge in [0.1, 0.15) is 5.82 Å². The maximum absolute atomic E-state index is 6.22. The van der Waals surface area contributed by atoms with E-state index in [0.717, 1.165) is 42.6 Å². The van der Waals surface area contributed by atoms with Crippen LogP contribution in [0.2, 0.25) is 0 Å². The predicted octanol–water partition coefficient (Wildman–Crippen LogP) is 3.02. The molecule has 1 atom stereocenters. The zero-order valence-electron chi connectivity index (χ0n) is 12.5. The average Bonchev–Trinajstić information content (AvgIpc) is 2.90. The number of nitrogens with two attached hydrogens (primary N) is 1. The lowest BCUT2D eigenvalue weighted by molar-refractivity contribution is -0.0572. The first-order valence-electron chi connectivity index (χ1n) is 8.51. The quantitative estimate of drug-likeness (QED) is 0.916. The first kappa shape index (κ1) is 12.9. The molecule has 1 unspecified atom stereocenters. The van der Waals surface area contributed by atoms with Crippen molar-refractivity contribution in [1.29, 1.82) is 0 Å². The summed E-state index contributed by atoms with van der Waals surface area (Å²) in [6.45, 7) is 2.97. The summed E-state index contributed by atoms with van der Waals surface area (Å²) < 4.78 is 2.41. The van der Waals surface area contributed by atoms with E-state index in [2.05, 4.69) is 22.7 Å². The third-order valence-electron chi connectivity index (χ3n) is 6.41. The fourth-order valence-corrected chi connectivity index (χ4v) is 5.97. The van der Waals surface area contributed by atoms with Crippen molar-refractivity contribution < 1.29 is 0 Å². The molecule has 4 bridgehead atoms.